The van der Waals surface area contributed by atoms with Crippen LogP contribution in [0.2, 0.25) is 0 Å². The van der Waals surface area contributed by atoms with Crippen LogP contribution in [0, 0.1) is 15.9 Å². The molecule has 2 rings (SSSR count). The van der Waals surface area contributed by atoms with E-state index in [9.17, 15) is 4.79 Å². The quantitative estimate of drug-likeness (QED) is 0.231. The Labute approximate surface area is 184 Å². The van der Waals surface area contributed by atoms with Gasteiger partial charge in [-0.2, -0.15) is 5.10 Å². The first-order chi connectivity index (χ1) is 14.1. The van der Waals surface area contributed by atoms with Crippen LogP contribution in [0.4, 0.5) is 0 Å². The first-order valence-corrected chi connectivity index (χ1v) is 10.2. The lowest BCUT2D eigenvalue weighted by molar-refractivity contribution is -0.120. The number of hydrazone groups is 1. The average molecular weight is 506 g/mol. The van der Waals surface area contributed by atoms with E-state index < -0.39 is 0 Å². The normalized spacial score (nSPS) is 10.4. The summed E-state index contributed by atoms with van der Waals surface area (Å²) in [5, 5.41) is 4.04. The zero-order valence-corrected chi connectivity index (χ0v) is 18.6. The lowest BCUT2D eigenvalue weighted by Gasteiger charge is -2.13. The van der Waals surface area contributed by atoms with E-state index in [4.69, 9.17) is 20.6 Å². The first kappa shape index (κ1) is 22.6. The van der Waals surface area contributed by atoms with Crippen LogP contribution in [-0.2, 0) is 11.2 Å². The molecule has 2 aromatic rings. The average Bonchev–Trinajstić information content (AvgIpc) is 2.69. The standard InChI is InChI=1S/C22H23IN2O4/c1-4-11-29-22-19(23)12-17(13-20(22)28-6-3)15-24-25-21(26)14-16-7-9-18(10-8-16)27-5-2/h1,7-10,12-13,15H,5-6,11,14H2,2-3H3,(H,25,26)/b24-15-. The van der Waals surface area contributed by atoms with Gasteiger partial charge in [0.2, 0.25) is 5.91 Å². The molecule has 7 heteroatoms. The highest BCUT2D eigenvalue weighted by molar-refractivity contribution is 14.1. The van der Waals surface area contributed by atoms with Crippen LogP contribution in [0.3, 0.4) is 0 Å². The van der Waals surface area contributed by atoms with Crippen molar-refractivity contribution < 1.29 is 19.0 Å². The van der Waals surface area contributed by atoms with Crippen LogP contribution in [0.25, 0.3) is 0 Å². The summed E-state index contributed by atoms with van der Waals surface area (Å²) in [5.74, 6) is 4.19. The predicted octanol–water partition coefficient (Wildman–Crippen LogP) is 3.79. The Morgan fingerprint density at radius 1 is 1.17 bits per heavy atom. The van der Waals surface area contributed by atoms with Crippen LogP contribution in [0.1, 0.15) is 25.0 Å². The van der Waals surface area contributed by atoms with Crippen LogP contribution >= 0.6 is 22.6 Å². The zero-order valence-electron chi connectivity index (χ0n) is 16.4. The van der Waals surface area contributed by atoms with E-state index in [1.165, 1.54) is 0 Å². The Bertz CT molecular complexity index is 889. The number of terminal acetylenes is 1. The van der Waals surface area contributed by atoms with E-state index in [-0.39, 0.29) is 18.9 Å². The first-order valence-electron chi connectivity index (χ1n) is 9.13. The van der Waals surface area contributed by atoms with E-state index in [1.807, 2.05) is 44.2 Å². The molecular formula is C22H23IN2O4. The van der Waals surface area contributed by atoms with Crippen molar-refractivity contribution in [2.75, 3.05) is 19.8 Å². The van der Waals surface area contributed by atoms with Crippen molar-refractivity contribution in [1.82, 2.24) is 5.43 Å². The minimum atomic E-state index is -0.209. The number of ether oxygens (including phenoxy) is 3. The maximum absolute atomic E-state index is 12.1. The highest BCUT2D eigenvalue weighted by Crippen LogP contribution is 2.33. The molecule has 29 heavy (non-hydrogen) atoms. The van der Waals surface area contributed by atoms with Crippen molar-refractivity contribution in [1.29, 1.82) is 0 Å². The number of carbonyl (C=O) groups is 1. The summed E-state index contributed by atoms with van der Waals surface area (Å²) in [5.41, 5.74) is 4.19. The second-order valence-electron chi connectivity index (χ2n) is 5.80. The minimum Gasteiger partial charge on any atom is -0.494 e. The van der Waals surface area contributed by atoms with E-state index in [2.05, 4.69) is 39.0 Å². The van der Waals surface area contributed by atoms with E-state index in [1.54, 1.807) is 12.3 Å². The molecule has 0 aliphatic rings. The van der Waals surface area contributed by atoms with Crippen LogP contribution < -0.4 is 19.6 Å². The fourth-order valence-corrected chi connectivity index (χ4v) is 3.23. The molecule has 0 aliphatic heterocycles. The Hall–Kier alpha value is -2.73. The maximum Gasteiger partial charge on any atom is 0.244 e. The number of rotatable bonds is 10. The van der Waals surface area contributed by atoms with Crippen LogP contribution in [0.5, 0.6) is 17.2 Å². The van der Waals surface area contributed by atoms with Gasteiger partial charge in [-0.15, -0.1) is 6.42 Å². The number of hydrogen-bond donors (Lipinski definition) is 1. The largest absolute Gasteiger partial charge is 0.494 e. The summed E-state index contributed by atoms with van der Waals surface area (Å²) in [7, 11) is 0. The summed E-state index contributed by atoms with van der Waals surface area (Å²) in [6, 6.07) is 11.1. The molecule has 1 N–H and O–H groups in total. The fourth-order valence-electron chi connectivity index (χ4n) is 2.45. The summed E-state index contributed by atoms with van der Waals surface area (Å²) < 4.78 is 17.4. The Kier molecular flexibility index (Phi) is 9.31. The topological polar surface area (TPSA) is 69.2 Å². The van der Waals surface area contributed by atoms with Gasteiger partial charge in [0.25, 0.3) is 0 Å². The maximum atomic E-state index is 12.1. The van der Waals surface area contributed by atoms with Crippen LogP contribution in [-0.4, -0.2) is 31.9 Å². The van der Waals surface area contributed by atoms with Gasteiger partial charge in [-0.1, -0.05) is 18.1 Å². The number of nitrogens with zero attached hydrogens (tertiary/aromatic N) is 1. The second-order valence-corrected chi connectivity index (χ2v) is 6.96. The molecular weight excluding hydrogens is 483 g/mol. The lowest BCUT2D eigenvalue weighted by atomic mass is 10.1. The highest BCUT2D eigenvalue weighted by Gasteiger charge is 2.11. The molecule has 0 saturated heterocycles. The molecule has 0 heterocycles. The highest BCUT2D eigenvalue weighted by atomic mass is 127. The molecule has 0 atom stereocenters. The van der Waals surface area contributed by atoms with Crippen molar-refractivity contribution in [2.45, 2.75) is 20.3 Å². The number of nitrogens with one attached hydrogen (secondary N) is 1. The summed E-state index contributed by atoms with van der Waals surface area (Å²) >= 11 is 2.15. The number of benzene rings is 2. The van der Waals surface area contributed by atoms with Crippen molar-refractivity contribution in [3.63, 3.8) is 0 Å². The number of amides is 1. The van der Waals surface area contributed by atoms with Gasteiger partial charge >= 0.3 is 0 Å². The van der Waals surface area contributed by atoms with E-state index >= 15 is 0 Å². The molecule has 0 saturated carbocycles. The van der Waals surface area contributed by atoms with Gasteiger partial charge in [-0.25, -0.2) is 5.43 Å². The SMILES string of the molecule is C#CCOc1c(I)cc(/C=N\NC(=O)Cc2ccc(OCC)cc2)cc1OCC. The fraction of sp³-hybridized carbons (Fsp3) is 0.273. The molecule has 0 bridgehead atoms. The Morgan fingerprint density at radius 3 is 2.55 bits per heavy atom. The summed E-state index contributed by atoms with van der Waals surface area (Å²) in [6.45, 7) is 5.07. The van der Waals surface area contributed by atoms with Crippen molar-refractivity contribution in [3.8, 4) is 29.6 Å². The molecule has 6 nitrogen and oxygen atoms in total. The minimum absolute atomic E-state index is 0.158. The molecule has 2 aromatic carbocycles. The van der Waals surface area contributed by atoms with E-state index in [0.717, 1.165) is 20.4 Å². The Balaban J connectivity index is 1.99. The van der Waals surface area contributed by atoms with Crippen molar-refractivity contribution in [2.24, 2.45) is 5.10 Å². The monoisotopic (exact) mass is 506 g/mol. The molecule has 0 spiro atoms. The third kappa shape index (κ3) is 7.31. The van der Waals surface area contributed by atoms with Gasteiger partial charge in [0.15, 0.2) is 11.5 Å². The van der Waals surface area contributed by atoms with Gasteiger partial charge < -0.3 is 14.2 Å². The smallest absolute Gasteiger partial charge is 0.244 e. The molecule has 0 aromatic heterocycles. The number of carbonyl (C=O) groups excluding carboxylic acids is 1. The molecule has 152 valence electrons. The van der Waals surface area contributed by atoms with Crippen molar-refractivity contribution in [3.05, 3.63) is 51.1 Å². The molecule has 0 radical (unpaired) electrons. The molecule has 0 fully saturated rings. The number of hydrogen-bond acceptors (Lipinski definition) is 5. The molecule has 0 aliphatic carbocycles. The third-order valence-electron chi connectivity index (χ3n) is 3.63. The van der Waals surface area contributed by atoms with Gasteiger partial charge in [-0.05, 0) is 71.8 Å². The van der Waals surface area contributed by atoms with Crippen LogP contribution in [0.15, 0.2) is 41.5 Å². The van der Waals surface area contributed by atoms with Gasteiger partial charge in [0.05, 0.1) is 29.4 Å². The van der Waals surface area contributed by atoms with E-state index in [0.29, 0.717) is 24.7 Å². The lowest BCUT2D eigenvalue weighted by Crippen LogP contribution is -2.19. The number of halogens is 1. The van der Waals surface area contributed by atoms with Crippen molar-refractivity contribution >= 4 is 34.7 Å². The molecule has 0 unspecified atom stereocenters. The zero-order chi connectivity index (χ0) is 21.1. The summed E-state index contributed by atoms with van der Waals surface area (Å²) in [6.07, 6.45) is 7.05. The second kappa shape index (κ2) is 12.0. The predicted molar refractivity (Wildman–Crippen MR) is 122 cm³/mol. The van der Waals surface area contributed by atoms with Gasteiger partial charge in [0.1, 0.15) is 12.4 Å². The van der Waals surface area contributed by atoms with Gasteiger partial charge in [-0.3, -0.25) is 4.79 Å². The molecule has 1 amide bonds. The Morgan fingerprint density at radius 2 is 1.90 bits per heavy atom. The summed E-state index contributed by atoms with van der Waals surface area (Å²) in [4.78, 5) is 12.1. The third-order valence-corrected chi connectivity index (χ3v) is 4.43. The van der Waals surface area contributed by atoms with Gasteiger partial charge in [0, 0.05) is 0 Å².